The molecule has 0 bridgehead atoms. The molecular formula is C15H21NO. The van der Waals surface area contributed by atoms with Crippen molar-refractivity contribution in [1.82, 2.24) is 4.98 Å². The van der Waals surface area contributed by atoms with E-state index in [0.29, 0.717) is 5.92 Å². The van der Waals surface area contributed by atoms with E-state index < -0.39 is 5.60 Å². The van der Waals surface area contributed by atoms with Crippen LogP contribution < -0.4 is 0 Å². The van der Waals surface area contributed by atoms with Crippen LogP contribution >= 0.6 is 0 Å². The number of fused-ring (bicyclic) bond motifs is 1. The van der Waals surface area contributed by atoms with Crippen LogP contribution in [-0.2, 0) is 6.42 Å². The molecule has 0 aliphatic heterocycles. The second kappa shape index (κ2) is 4.09. The predicted octanol–water partition coefficient (Wildman–Crippen LogP) is 3.05. The van der Waals surface area contributed by atoms with Gasteiger partial charge in [0.2, 0.25) is 0 Å². The molecule has 3 atom stereocenters. The average molecular weight is 231 g/mol. The van der Waals surface area contributed by atoms with E-state index in [0.717, 1.165) is 32.1 Å². The molecule has 0 saturated heterocycles. The first kappa shape index (κ1) is 11.2. The SMILES string of the molecule is CC1CCCC1(O)C1CCCc2cccnc21. The minimum absolute atomic E-state index is 0.268. The Hall–Kier alpha value is -0.890. The summed E-state index contributed by atoms with van der Waals surface area (Å²) in [7, 11) is 0. The summed E-state index contributed by atoms with van der Waals surface area (Å²) in [6, 6.07) is 4.20. The zero-order valence-electron chi connectivity index (χ0n) is 10.5. The van der Waals surface area contributed by atoms with Gasteiger partial charge in [0.05, 0.1) is 5.60 Å². The summed E-state index contributed by atoms with van der Waals surface area (Å²) in [6.07, 6.45) is 8.58. The van der Waals surface area contributed by atoms with Crippen molar-refractivity contribution in [3.8, 4) is 0 Å². The third-order valence-electron chi connectivity index (χ3n) is 4.87. The number of hydrogen-bond donors (Lipinski definition) is 1. The van der Waals surface area contributed by atoms with Crippen LogP contribution in [0.2, 0.25) is 0 Å². The van der Waals surface area contributed by atoms with Crippen molar-refractivity contribution in [1.29, 1.82) is 0 Å². The van der Waals surface area contributed by atoms with Gasteiger partial charge in [-0.15, -0.1) is 0 Å². The number of aromatic nitrogens is 1. The normalized spacial score (nSPS) is 36.8. The number of pyridine rings is 1. The summed E-state index contributed by atoms with van der Waals surface area (Å²) in [5.74, 6) is 0.686. The van der Waals surface area contributed by atoms with Crippen LogP contribution in [0.1, 0.15) is 56.2 Å². The highest BCUT2D eigenvalue weighted by molar-refractivity contribution is 5.29. The van der Waals surface area contributed by atoms with Crippen LogP contribution in [0.25, 0.3) is 0 Å². The minimum Gasteiger partial charge on any atom is -0.389 e. The second-order valence-corrected chi connectivity index (χ2v) is 5.78. The van der Waals surface area contributed by atoms with Crippen LogP contribution in [0.4, 0.5) is 0 Å². The number of nitrogens with zero attached hydrogens (tertiary/aromatic N) is 1. The Morgan fingerprint density at radius 1 is 1.35 bits per heavy atom. The van der Waals surface area contributed by atoms with Crippen molar-refractivity contribution in [3.63, 3.8) is 0 Å². The van der Waals surface area contributed by atoms with E-state index in [1.165, 1.54) is 17.7 Å². The van der Waals surface area contributed by atoms with Crippen molar-refractivity contribution in [2.75, 3.05) is 0 Å². The fourth-order valence-corrected chi connectivity index (χ4v) is 3.80. The van der Waals surface area contributed by atoms with Crippen molar-refractivity contribution in [2.24, 2.45) is 5.92 Å². The molecule has 92 valence electrons. The van der Waals surface area contributed by atoms with Crippen LogP contribution in [0, 0.1) is 5.92 Å². The van der Waals surface area contributed by atoms with E-state index in [-0.39, 0.29) is 5.92 Å². The molecule has 1 saturated carbocycles. The van der Waals surface area contributed by atoms with Crippen LogP contribution in [0.3, 0.4) is 0 Å². The largest absolute Gasteiger partial charge is 0.389 e. The standard InChI is InChI=1S/C15H21NO/c1-11-5-3-9-15(11,17)13-8-2-6-12-7-4-10-16-14(12)13/h4,7,10-11,13,17H,2-3,5-6,8-9H2,1H3. The third kappa shape index (κ3) is 1.70. The molecule has 0 amide bonds. The fourth-order valence-electron chi connectivity index (χ4n) is 3.80. The van der Waals surface area contributed by atoms with Crippen LogP contribution in [0.15, 0.2) is 18.3 Å². The molecule has 0 radical (unpaired) electrons. The number of aliphatic hydroxyl groups is 1. The zero-order chi connectivity index (χ0) is 11.9. The molecule has 2 aliphatic rings. The Bertz CT molecular complexity index is 417. The van der Waals surface area contributed by atoms with Gasteiger partial charge in [0.15, 0.2) is 0 Å². The molecule has 1 N–H and O–H groups in total. The first-order valence-electron chi connectivity index (χ1n) is 6.88. The molecule has 3 rings (SSSR count). The lowest BCUT2D eigenvalue weighted by atomic mass is 9.71. The van der Waals surface area contributed by atoms with Crippen molar-refractivity contribution in [2.45, 2.75) is 57.0 Å². The van der Waals surface area contributed by atoms with E-state index in [1.807, 2.05) is 12.3 Å². The molecule has 3 unspecified atom stereocenters. The molecular weight excluding hydrogens is 210 g/mol. The highest BCUT2D eigenvalue weighted by Crippen LogP contribution is 2.48. The monoisotopic (exact) mass is 231 g/mol. The van der Waals surface area contributed by atoms with E-state index in [2.05, 4.69) is 18.0 Å². The van der Waals surface area contributed by atoms with Gasteiger partial charge < -0.3 is 5.11 Å². The van der Waals surface area contributed by atoms with Gasteiger partial charge in [0.1, 0.15) is 0 Å². The molecule has 2 aliphatic carbocycles. The van der Waals surface area contributed by atoms with Crippen LogP contribution in [0.5, 0.6) is 0 Å². The molecule has 17 heavy (non-hydrogen) atoms. The smallest absolute Gasteiger partial charge is 0.0756 e. The molecule has 1 aromatic rings. The second-order valence-electron chi connectivity index (χ2n) is 5.78. The molecule has 2 nitrogen and oxygen atoms in total. The van der Waals surface area contributed by atoms with Gasteiger partial charge in [-0.2, -0.15) is 0 Å². The molecule has 1 fully saturated rings. The summed E-state index contributed by atoms with van der Waals surface area (Å²) < 4.78 is 0. The Balaban J connectivity index is 2.00. The van der Waals surface area contributed by atoms with E-state index in [1.54, 1.807) is 0 Å². The predicted molar refractivity (Wildman–Crippen MR) is 67.9 cm³/mol. The minimum atomic E-state index is -0.497. The summed E-state index contributed by atoms with van der Waals surface area (Å²) in [5, 5.41) is 11.0. The first-order chi connectivity index (χ1) is 8.22. The fraction of sp³-hybridized carbons (Fsp3) is 0.667. The first-order valence-corrected chi connectivity index (χ1v) is 6.88. The summed E-state index contributed by atoms with van der Waals surface area (Å²) >= 11 is 0. The average Bonchev–Trinajstić information content (AvgIpc) is 2.70. The van der Waals surface area contributed by atoms with E-state index in [4.69, 9.17) is 0 Å². The van der Waals surface area contributed by atoms with E-state index >= 15 is 0 Å². The lowest BCUT2D eigenvalue weighted by Crippen LogP contribution is -2.40. The Kier molecular flexibility index (Phi) is 2.70. The number of hydrogen-bond acceptors (Lipinski definition) is 2. The quantitative estimate of drug-likeness (QED) is 0.806. The van der Waals surface area contributed by atoms with Gasteiger partial charge in [0.25, 0.3) is 0 Å². The van der Waals surface area contributed by atoms with Gasteiger partial charge in [-0.25, -0.2) is 0 Å². The Labute approximate surface area is 103 Å². The van der Waals surface area contributed by atoms with Gasteiger partial charge in [-0.3, -0.25) is 4.98 Å². The van der Waals surface area contributed by atoms with Crippen molar-refractivity contribution < 1.29 is 5.11 Å². The van der Waals surface area contributed by atoms with Crippen molar-refractivity contribution >= 4 is 0 Å². The Morgan fingerprint density at radius 2 is 2.24 bits per heavy atom. The zero-order valence-corrected chi connectivity index (χ0v) is 10.5. The van der Waals surface area contributed by atoms with Gasteiger partial charge in [0, 0.05) is 17.8 Å². The topological polar surface area (TPSA) is 33.1 Å². The summed E-state index contributed by atoms with van der Waals surface area (Å²) in [6.45, 7) is 2.20. The van der Waals surface area contributed by atoms with Crippen LogP contribution in [-0.4, -0.2) is 15.7 Å². The third-order valence-corrected chi connectivity index (χ3v) is 4.87. The molecule has 1 heterocycles. The number of rotatable bonds is 1. The maximum absolute atomic E-state index is 11.0. The van der Waals surface area contributed by atoms with Gasteiger partial charge in [-0.1, -0.05) is 19.4 Å². The van der Waals surface area contributed by atoms with Crippen molar-refractivity contribution in [3.05, 3.63) is 29.6 Å². The molecule has 1 aromatic heterocycles. The maximum Gasteiger partial charge on any atom is 0.0756 e. The number of aryl methyl sites for hydroxylation is 1. The molecule has 0 spiro atoms. The van der Waals surface area contributed by atoms with Gasteiger partial charge >= 0.3 is 0 Å². The highest BCUT2D eigenvalue weighted by atomic mass is 16.3. The Morgan fingerprint density at radius 3 is 3.00 bits per heavy atom. The maximum atomic E-state index is 11.0. The molecule has 0 aromatic carbocycles. The lowest BCUT2D eigenvalue weighted by Gasteiger charge is -2.39. The summed E-state index contributed by atoms with van der Waals surface area (Å²) in [4.78, 5) is 4.56. The molecule has 2 heteroatoms. The summed E-state index contributed by atoms with van der Waals surface area (Å²) in [5.41, 5.74) is 2.04. The lowest BCUT2D eigenvalue weighted by molar-refractivity contribution is -0.0238. The van der Waals surface area contributed by atoms with E-state index in [9.17, 15) is 5.11 Å². The van der Waals surface area contributed by atoms with Gasteiger partial charge in [-0.05, 0) is 49.7 Å². The highest BCUT2D eigenvalue weighted by Gasteiger charge is 2.47.